The fourth-order valence-electron chi connectivity index (χ4n) is 1.91. The van der Waals surface area contributed by atoms with Gasteiger partial charge in [0, 0.05) is 10.9 Å². The lowest BCUT2D eigenvalue weighted by atomic mass is 9.99. The lowest BCUT2D eigenvalue weighted by molar-refractivity contribution is -0.117. The van der Waals surface area contributed by atoms with Crippen molar-refractivity contribution in [3.63, 3.8) is 0 Å². The van der Waals surface area contributed by atoms with Crippen LogP contribution in [-0.2, 0) is 4.79 Å². The van der Waals surface area contributed by atoms with Crippen LogP contribution in [0.2, 0.25) is 0 Å². The number of nitrogens with two attached hydrogens (primary N) is 1. The number of nitrogens with zero attached hydrogens (tertiary/aromatic N) is 1. The molecule has 3 N–H and O–H groups in total. The molecule has 114 valence electrons. The van der Waals surface area contributed by atoms with Gasteiger partial charge in [-0.1, -0.05) is 6.07 Å². The second-order valence-electron chi connectivity index (χ2n) is 5.07. The van der Waals surface area contributed by atoms with Gasteiger partial charge in [-0.15, -0.1) is 23.7 Å². The van der Waals surface area contributed by atoms with Gasteiger partial charge >= 0.3 is 0 Å². The molecule has 1 aromatic heterocycles. The Labute approximate surface area is 135 Å². The Morgan fingerprint density at radius 3 is 2.48 bits per heavy atom. The third-order valence-corrected chi connectivity index (χ3v) is 4.02. The zero-order chi connectivity index (χ0) is 14.9. The fourth-order valence-corrected chi connectivity index (χ4v) is 2.62. The van der Waals surface area contributed by atoms with Gasteiger partial charge in [0.15, 0.2) is 5.13 Å². The highest BCUT2D eigenvalue weighted by atomic mass is 35.5. The Hall–Kier alpha value is -1.43. The molecule has 21 heavy (non-hydrogen) atoms. The molecular weight excluding hydrogens is 306 g/mol. The van der Waals surface area contributed by atoms with Gasteiger partial charge in [-0.05, 0) is 50.5 Å². The minimum atomic E-state index is -0.536. The van der Waals surface area contributed by atoms with Crippen LogP contribution < -0.4 is 11.1 Å². The molecule has 0 aliphatic carbocycles. The van der Waals surface area contributed by atoms with E-state index in [1.165, 1.54) is 28.0 Å². The van der Waals surface area contributed by atoms with Crippen molar-refractivity contribution in [3.8, 4) is 11.3 Å². The minimum absolute atomic E-state index is 0. The van der Waals surface area contributed by atoms with Crippen LogP contribution in [0, 0.1) is 20.8 Å². The highest BCUT2D eigenvalue weighted by molar-refractivity contribution is 7.14. The molecular formula is C15H20ClN3OS. The van der Waals surface area contributed by atoms with Crippen molar-refractivity contribution in [2.75, 3.05) is 5.32 Å². The molecule has 2 aromatic rings. The van der Waals surface area contributed by atoms with Crippen LogP contribution >= 0.6 is 23.7 Å². The molecule has 0 spiro atoms. The summed E-state index contributed by atoms with van der Waals surface area (Å²) in [5, 5.41) is 5.26. The predicted octanol–water partition coefficient (Wildman–Crippen LogP) is 3.44. The molecule has 0 radical (unpaired) electrons. The molecule has 4 nitrogen and oxygen atoms in total. The van der Waals surface area contributed by atoms with Gasteiger partial charge in [0.05, 0.1) is 11.7 Å². The number of carbonyl (C=O) groups is 1. The van der Waals surface area contributed by atoms with E-state index < -0.39 is 6.04 Å². The van der Waals surface area contributed by atoms with Gasteiger partial charge in [-0.2, -0.15) is 0 Å². The third kappa shape index (κ3) is 4.03. The summed E-state index contributed by atoms with van der Waals surface area (Å²) < 4.78 is 0. The predicted molar refractivity (Wildman–Crippen MR) is 91.3 cm³/mol. The van der Waals surface area contributed by atoms with E-state index in [1.54, 1.807) is 6.92 Å². The molecule has 0 fully saturated rings. The topological polar surface area (TPSA) is 68.0 Å². The Bertz CT molecular complexity index is 652. The number of amides is 1. The first-order chi connectivity index (χ1) is 9.38. The maximum Gasteiger partial charge on any atom is 0.242 e. The maximum absolute atomic E-state index is 11.6. The van der Waals surface area contributed by atoms with Crippen LogP contribution in [0.25, 0.3) is 11.3 Å². The van der Waals surface area contributed by atoms with Crippen LogP contribution in [0.3, 0.4) is 0 Å². The number of halogens is 1. The molecule has 0 bridgehead atoms. The van der Waals surface area contributed by atoms with Crippen LogP contribution in [0.15, 0.2) is 17.5 Å². The van der Waals surface area contributed by atoms with E-state index in [9.17, 15) is 4.79 Å². The second-order valence-corrected chi connectivity index (χ2v) is 5.93. The van der Waals surface area contributed by atoms with Crippen molar-refractivity contribution in [2.24, 2.45) is 5.73 Å². The van der Waals surface area contributed by atoms with Crippen molar-refractivity contribution in [2.45, 2.75) is 33.7 Å². The smallest absolute Gasteiger partial charge is 0.242 e. The van der Waals surface area contributed by atoms with E-state index in [2.05, 4.69) is 43.2 Å². The summed E-state index contributed by atoms with van der Waals surface area (Å²) in [6, 6.07) is 3.76. The number of nitrogens with one attached hydrogen (secondary N) is 1. The summed E-state index contributed by atoms with van der Waals surface area (Å²) in [6.45, 7) is 7.91. The molecule has 0 saturated carbocycles. The summed E-state index contributed by atoms with van der Waals surface area (Å²) >= 11 is 1.41. The molecule has 1 amide bonds. The van der Waals surface area contributed by atoms with Crippen molar-refractivity contribution in [1.29, 1.82) is 0 Å². The van der Waals surface area contributed by atoms with Crippen molar-refractivity contribution in [1.82, 2.24) is 4.98 Å². The fraction of sp³-hybridized carbons (Fsp3) is 0.333. The number of carbonyl (C=O) groups excluding carboxylic acids is 1. The van der Waals surface area contributed by atoms with Gasteiger partial charge in [0.2, 0.25) is 5.91 Å². The average Bonchev–Trinajstić information content (AvgIpc) is 2.82. The molecule has 0 saturated heterocycles. The molecule has 1 aromatic carbocycles. The molecule has 1 heterocycles. The van der Waals surface area contributed by atoms with Crippen LogP contribution in [0.4, 0.5) is 5.13 Å². The zero-order valence-corrected chi connectivity index (χ0v) is 14.2. The van der Waals surface area contributed by atoms with E-state index in [4.69, 9.17) is 5.73 Å². The molecule has 0 aliphatic rings. The van der Waals surface area contributed by atoms with Gasteiger partial charge < -0.3 is 11.1 Å². The van der Waals surface area contributed by atoms with E-state index in [0.29, 0.717) is 5.13 Å². The Kier molecular flexibility index (Phi) is 5.89. The highest BCUT2D eigenvalue weighted by Gasteiger charge is 2.12. The number of hydrogen-bond acceptors (Lipinski definition) is 4. The lowest BCUT2D eigenvalue weighted by Crippen LogP contribution is -2.32. The number of rotatable bonds is 3. The monoisotopic (exact) mass is 325 g/mol. The second kappa shape index (κ2) is 7.02. The number of aryl methyl sites for hydroxylation is 3. The number of anilines is 1. The highest BCUT2D eigenvalue weighted by Crippen LogP contribution is 2.29. The largest absolute Gasteiger partial charge is 0.320 e. The Morgan fingerprint density at radius 1 is 1.24 bits per heavy atom. The summed E-state index contributed by atoms with van der Waals surface area (Å²) in [7, 11) is 0. The third-order valence-electron chi connectivity index (χ3n) is 3.26. The molecule has 1 atom stereocenters. The number of aromatic nitrogens is 1. The maximum atomic E-state index is 11.6. The summed E-state index contributed by atoms with van der Waals surface area (Å²) in [4.78, 5) is 16.0. The van der Waals surface area contributed by atoms with E-state index in [0.717, 1.165) is 11.3 Å². The van der Waals surface area contributed by atoms with Crippen molar-refractivity contribution in [3.05, 3.63) is 34.2 Å². The van der Waals surface area contributed by atoms with Gasteiger partial charge in [-0.25, -0.2) is 4.98 Å². The van der Waals surface area contributed by atoms with E-state index >= 15 is 0 Å². The number of thiazole rings is 1. The summed E-state index contributed by atoms with van der Waals surface area (Å²) in [5.74, 6) is -0.220. The summed E-state index contributed by atoms with van der Waals surface area (Å²) in [6.07, 6.45) is 0. The lowest BCUT2D eigenvalue weighted by Gasteiger charge is -2.07. The van der Waals surface area contributed by atoms with Gasteiger partial charge in [0.25, 0.3) is 0 Å². The first-order valence-electron chi connectivity index (χ1n) is 6.48. The molecule has 0 aliphatic heterocycles. The molecule has 2 rings (SSSR count). The normalized spacial score (nSPS) is 11.7. The van der Waals surface area contributed by atoms with Gasteiger partial charge in [-0.3, -0.25) is 4.79 Å². The van der Waals surface area contributed by atoms with Crippen molar-refractivity contribution < 1.29 is 4.79 Å². The van der Waals surface area contributed by atoms with Gasteiger partial charge in [0.1, 0.15) is 0 Å². The van der Waals surface area contributed by atoms with E-state index in [-0.39, 0.29) is 18.3 Å². The standard InChI is InChI=1S/C15H19N3OS.ClH/c1-8-5-10(3)12(6-9(8)2)13-7-20-15(17-13)18-14(19)11(4)16;/h5-7,11H,16H2,1-4H3,(H,17,18,19);1H/t11-;/m1./s1. The molecule has 6 heteroatoms. The zero-order valence-electron chi connectivity index (χ0n) is 12.6. The number of hydrogen-bond donors (Lipinski definition) is 2. The first-order valence-corrected chi connectivity index (χ1v) is 7.36. The minimum Gasteiger partial charge on any atom is -0.320 e. The van der Waals surface area contributed by atoms with Crippen LogP contribution in [-0.4, -0.2) is 16.9 Å². The Morgan fingerprint density at radius 2 is 1.86 bits per heavy atom. The number of benzene rings is 1. The summed E-state index contributed by atoms with van der Waals surface area (Å²) in [5.41, 5.74) is 11.2. The molecule has 0 unspecified atom stereocenters. The first kappa shape index (κ1) is 17.6. The quantitative estimate of drug-likeness (QED) is 0.908. The van der Waals surface area contributed by atoms with Crippen LogP contribution in [0.5, 0.6) is 0 Å². The average molecular weight is 326 g/mol. The SMILES string of the molecule is Cc1cc(C)c(-c2csc(NC(=O)[C@@H](C)N)n2)cc1C.Cl. The van der Waals surface area contributed by atoms with Crippen LogP contribution in [0.1, 0.15) is 23.6 Å². The van der Waals surface area contributed by atoms with E-state index in [1.807, 2.05) is 5.38 Å². The Balaban J connectivity index is 0.00000220. The van der Waals surface area contributed by atoms with Crippen molar-refractivity contribution >= 4 is 34.8 Å².